The van der Waals surface area contributed by atoms with Gasteiger partial charge in [0.2, 0.25) is 0 Å². The minimum atomic E-state index is -3.41. The first-order valence-electron chi connectivity index (χ1n) is 8.70. The highest BCUT2D eigenvalue weighted by Gasteiger charge is 2.38. The van der Waals surface area contributed by atoms with Gasteiger partial charge >= 0.3 is 12.1 Å². The van der Waals surface area contributed by atoms with Crippen LogP contribution in [0, 0.1) is 0 Å². The normalized spacial score (nSPS) is 14.3. The van der Waals surface area contributed by atoms with Crippen molar-refractivity contribution in [2.75, 3.05) is 53.5 Å². The molecule has 10 heteroatoms. The first-order valence-corrected chi connectivity index (χ1v) is 10.6. The van der Waals surface area contributed by atoms with Crippen LogP contribution in [-0.4, -0.2) is 76.3 Å². The number of methoxy groups -OCH3 is 2. The van der Waals surface area contributed by atoms with E-state index in [1.165, 1.54) is 19.1 Å². The summed E-state index contributed by atoms with van der Waals surface area (Å²) >= 11 is 0. The van der Waals surface area contributed by atoms with E-state index in [9.17, 15) is 14.2 Å². The van der Waals surface area contributed by atoms with Crippen LogP contribution in [0.1, 0.15) is 33.6 Å². The summed E-state index contributed by atoms with van der Waals surface area (Å²) in [4.78, 5) is 24.8. The zero-order chi connectivity index (χ0) is 20.0. The molecule has 154 valence electrons. The molecule has 0 N–H and O–H groups in total. The van der Waals surface area contributed by atoms with Crippen molar-refractivity contribution < 1.29 is 37.6 Å². The van der Waals surface area contributed by atoms with Crippen LogP contribution in [0.4, 0.5) is 4.79 Å². The average molecular weight is 397 g/mol. The summed E-state index contributed by atoms with van der Waals surface area (Å²) in [6.45, 7) is 6.13. The van der Waals surface area contributed by atoms with Gasteiger partial charge in [0.1, 0.15) is 6.29 Å². The monoisotopic (exact) mass is 397 g/mol. The molecule has 0 saturated heterocycles. The van der Waals surface area contributed by atoms with Crippen LogP contribution < -0.4 is 0 Å². The minimum Gasteiger partial charge on any atom is -0.469 e. The molecule has 0 aliphatic carbocycles. The molecule has 26 heavy (non-hydrogen) atoms. The van der Waals surface area contributed by atoms with Gasteiger partial charge in [0.15, 0.2) is 5.85 Å². The van der Waals surface area contributed by atoms with Crippen LogP contribution in [0.3, 0.4) is 0 Å². The van der Waals surface area contributed by atoms with Gasteiger partial charge in [-0.2, -0.15) is 0 Å². The Kier molecular flexibility index (Phi) is 13.4. The van der Waals surface area contributed by atoms with E-state index in [1.54, 1.807) is 20.8 Å². The molecule has 0 spiro atoms. The maximum absolute atomic E-state index is 13.4. The van der Waals surface area contributed by atoms with Crippen LogP contribution in [0.2, 0.25) is 0 Å². The van der Waals surface area contributed by atoms with Crippen LogP contribution in [0.25, 0.3) is 0 Å². The summed E-state index contributed by atoms with van der Waals surface area (Å²) < 4.78 is 39.2. The molecule has 2 atom stereocenters. The second-order valence-electron chi connectivity index (χ2n) is 5.29. The molecule has 0 aromatic rings. The quantitative estimate of drug-likeness (QED) is 0.326. The van der Waals surface area contributed by atoms with Gasteiger partial charge in [-0.1, -0.05) is 0 Å². The number of hydrogen-bond donors (Lipinski definition) is 0. The Morgan fingerprint density at radius 2 is 1.77 bits per heavy atom. The maximum atomic E-state index is 13.4. The lowest BCUT2D eigenvalue weighted by Crippen LogP contribution is -2.37. The van der Waals surface area contributed by atoms with E-state index in [4.69, 9.17) is 18.7 Å². The molecule has 0 rings (SSSR count). The molecule has 9 nitrogen and oxygen atoms in total. The Morgan fingerprint density at radius 3 is 2.27 bits per heavy atom. The molecule has 0 radical (unpaired) electrons. The van der Waals surface area contributed by atoms with E-state index in [1.807, 2.05) is 0 Å². The fourth-order valence-electron chi connectivity index (χ4n) is 2.23. The van der Waals surface area contributed by atoms with E-state index >= 15 is 0 Å². The molecule has 0 aliphatic heterocycles. The molecular weight excluding hydrogens is 365 g/mol. The zero-order valence-corrected chi connectivity index (χ0v) is 17.3. The van der Waals surface area contributed by atoms with Crippen LogP contribution in [-0.2, 0) is 32.8 Å². The lowest BCUT2D eigenvalue weighted by atomic mass is 10.3. The third-order valence-electron chi connectivity index (χ3n) is 3.39. The van der Waals surface area contributed by atoms with Crippen molar-refractivity contribution >= 4 is 19.4 Å². The lowest BCUT2D eigenvalue weighted by molar-refractivity contribution is -0.140. The molecule has 2 unspecified atom stereocenters. The molecule has 0 bridgehead atoms. The van der Waals surface area contributed by atoms with Gasteiger partial charge in [-0.05, 0) is 27.2 Å². The molecule has 0 fully saturated rings. The van der Waals surface area contributed by atoms with E-state index in [0.717, 1.165) is 0 Å². The fourth-order valence-corrected chi connectivity index (χ4v) is 4.58. The Hall–Kier alpha value is -1.15. The number of amides is 1. The van der Waals surface area contributed by atoms with Crippen LogP contribution in [0.15, 0.2) is 0 Å². The predicted molar refractivity (Wildman–Crippen MR) is 96.4 cm³/mol. The SMILES string of the molecule is CCOC(=O)N(CCCC(=O)OC)CP(=O)(OCC)C(COC)OCC. The van der Waals surface area contributed by atoms with Gasteiger partial charge in [-0.15, -0.1) is 0 Å². The maximum Gasteiger partial charge on any atom is 0.410 e. The number of carbonyl (C=O) groups excluding carboxylic acids is 2. The first kappa shape index (κ1) is 24.8. The zero-order valence-electron chi connectivity index (χ0n) is 16.4. The second kappa shape index (κ2) is 14.0. The van der Waals surface area contributed by atoms with Gasteiger partial charge < -0.3 is 23.5 Å². The Balaban J connectivity index is 5.29. The smallest absolute Gasteiger partial charge is 0.410 e. The Morgan fingerprint density at radius 1 is 1.08 bits per heavy atom. The van der Waals surface area contributed by atoms with Crippen molar-refractivity contribution in [3.63, 3.8) is 0 Å². The highest BCUT2D eigenvalue weighted by Crippen LogP contribution is 2.53. The minimum absolute atomic E-state index is 0.0734. The summed E-state index contributed by atoms with van der Waals surface area (Å²) in [5.41, 5.74) is 0. The standard InChI is InChI=1S/C16H32NO8P/c1-6-23-15(12-21-4)26(20,25-8-3)13-17(16(19)24-7-2)11-9-10-14(18)22-5/h15H,6-13H2,1-5H3. The molecule has 0 aromatic heterocycles. The molecule has 0 saturated carbocycles. The largest absolute Gasteiger partial charge is 0.469 e. The number of ether oxygens (including phenoxy) is 4. The predicted octanol–water partition coefficient (Wildman–Crippen LogP) is 2.68. The van der Waals surface area contributed by atoms with Crippen molar-refractivity contribution in [3.8, 4) is 0 Å². The molecule has 1 amide bonds. The van der Waals surface area contributed by atoms with E-state index < -0.39 is 19.3 Å². The van der Waals surface area contributed by atoms with Crippen molar-refractivity contribution in [3.05, 3.63) is 0 Å². The number of hydrogen-bond acceptors (Lipinski definition) is 8. The topological polar surface area (TPSA) is 101 Å². The Bertz CT molecular complexity index is 454. The van der Waals surface area contributed by atoms with Crippen LogP contribution >= 0.6 is 7.37 Å². The average Bonchev–Trinajstić information content (AvgIpc) is 2.60. The van der Waals surface area contributed by atoms with Gasteiger partial charge in [0, 0.05) is 26.7 Å². The second-order valence-corrected chi connectivity index (χ2v) is 7.86. The molecule has 0 aliphatic rings. The number of rotatable bonds is 14. The molecule has 0 heterocycles. The Labute approximate surface area is 155 Å². The summed E-state index contributed by atoms with van der Waals surface area (Å²) in [6, 6.07) is 0. The fraction of sp³-hybridized carbons (Fsp3) is 0.875. The van der Waals surface area contributed by atoms with Crippen molar-refractivity contribution in [2.24, 2.45) is 0 Å². The number of nitrogens with zero attached hydrogens (tertiary/aromatic N) is 1. The third kappa shape index (κ3) is 8.98. The van der Waals surface area contributed by atoms with E-state index in [-0.39, 0.29) is 45.0 Å². The van der Waals surface area contributed by atoms with Crippen molar-refractivity contribution in [2.45, 2.75) is 39.5 Å². The number of esters is 1. The number of carbonyl (C=O) groups is 2. The highest BCUT2D eigenvalue weighted by atomic mass is 31.2. The summed E-state index contributed by atoms with van der Waals surface area (Å²) in [5.74, 6) is -1.18. The van der Waals surface area contributed by atoms with E-state index in [2.05, 4.69) is 4.74 Å². The van der Waals surface area contributed by atoms with E-state index in [0.29, 0.717) is 13.0 Å². The van der Waals surface area contributed by atoms with Crippen molar-refractivity contribution in [1.29, 1.82) is 0 Å². The van der Waals surface area contributed by atoms with Crippen molar-refractivity contribution in [1.82, 2.24) is 4.90 Å². The lowest BCUT2D eigenvalue weighted by Gasteiger charge is -2.31. The summed E-state index contributed by atoms with van der Waals surface area (Å²) in [7, 11) is -0.634. The van der Waals surface area contributed by atoms with Gasteiger partial charge in [-0.25, -0.2) is 4.79 Å². The van der Waals surface area contributed by atoms with Gasteiger partial charge in [0.25, 0.3) is 7.37 Å². The van der Waals surface area contributed by atoms with Crippen LogP contribution in [0.5, 0.6) is 0 Å². The molecular formula is C16H32NO8P. The first-order chi connectivity index (χ1) is 12.4. The summed E-state index contributed by atoms with van der Waals surface area (Å²) in [5, 5.41) is 0. The summed E-state index contributed by atoms with van der Waals surface area (Å²) in [6.07, 6.45) is -0.320. The molecule has 0 aromatic carbocycles. The van der Waals surface area contributed by atoms with Gasteiger partial charge in [-0.3, -0.25) is 14.3 Å². The highest BCUT2D eigenvalue weighted by molar-refractivity contribution is 7.59. The van der Waals surface area contributed by atoms with Gasteiger partial charge in [0.05, 0.1) is 26.9 Å². The third-order valence-corrected chi connectivity index (χ3v) is 5.99.